The molecular weight excluding hydrogens is 290 g/mol. The number of carbonyl (C=O) groups excluding carboxylic acids is 1. The summed E-state index contributed by atoms with van der Waals surface area (Å²) in [6.07, 6.45) is 16.4. The highest BCUT2D eigenvalue weighted by Gasteiger charge is 2.02. The quantitative estimate of drug-likeness (QED) is 0.142. The van der Waals surface area contributed by atoms with E-state index in [4.69, 9.17) is 11.1 Å². The molecule has 5 nitrogen and oxygen atoms in total. The Morgan fingerprint density at radius 3 is 1.78 bits per heavy atom. The second-order valence-electron chi connectivity index (χ2n) is 6.43. The van der Waals surface area contributed by atoms with E-state index in [-0.39, 0.29) is 12.4 Å². The lowest BCUT2D eigenvalue weighted by atomic mass is 10.0. The van der Waals surface area contributed by atoms with Gasteiger partial charge in [0.15, 0.2) is 5.96 Å². The number of hydrogen-bond donors (Lipinski definition) is 4. The van der Waals surface area contributed by atoms with Crippen LogP contribution in [0.3, 0.4) is 0 Å². The average molecular weight is 328 g/mol. The SMILES string of the molecule is N=C(N)NCCCCCCCCCCCCCC[C@@H](O)CC=O. The van der Waals surface area contributed by atoms with E-state index in [2.05, 4.69) is 5.32 Å². The molecule has 0 aromatic carbocycles. The lowest BCUT2D eigenvalue weighted by molar-refractivity contribution is -0.109. The molecule has 0 heterocycles. The molecule has 1 atom stereocenters. The molecule has 0 saturated carbocycles. The molecule has 5 N–H and O–H groups in total. The summed E-state index contributed by atoms with van der Waals surface area (Å²) in [7, 11) is 0. The van der Waals surface area contributed by atoms with Crippen molar-refractivity contribution in [1.29, 1.82) is 5.41 Å². The van der Waals surface area contributed by atoms with Gasteiger partial charge < -0.3 is 21.0 Å². The van der Waals surface area contributed by atoms with Gasteiger partial charge in [-0.2, -0.15) is 0 Å². The first kappa shape index (κ1) is 21.9. The molecule has 0 spiro atoms. The number of aliphatic hydroxyl groups excluding tert-OH is 1. The number of aldehydes is 1. The molecule has 5 heteroatoms. The number of unbranched alkanes of at least 4 members (excludes halogenated alkanes) is 11. The van der Waals surface area contributed by atoms with Crippen LogP contribution in [-0.2, 0) is 4.79 Å². The normalized spacial score (nSPS) is 12.0. The first-order chi connectivity index (χ1) is 11.2. The Morgan fingerprint density at radius 2 is 1.35 bits per heavy atom. The predicted molar refractivity (Wildman–Crippen MR) is 96.6 cm³/mol. The van der Waals surface area contributed by atoms with Gasteiger partial charge in [-0.25, -0.2) is 0 Å². The maximum atomic E-state index is 10.2. The van der Waals surface area contributed by atoms with Crippen molar-refractivity contribution in [2.24, 2.45) is 5.73 Å². The van der Waals surface area contributed by atoms with E-state index in [1.165, 1.54) is 64.2 Å². The topological polar surface area (TPSA) is 99.2 Å². The molecular formula is C18H37N3O2. The van der Waals surface area contributed by atoms with E-state index in [0.29, 0.717) is 0 Å². The lowest BCUT2D eigenvalue weighted by Gasteiger charge is -2.06. The van der Waals surface area contributed by atoms with Gasteiger partial charge >= 0.3 is 0 Å². The van der Waals surface area contributed by atoms with Crippen molar-refractivity contribution >= 4 is 12.2 Å². The first-order valence-corrected chi connectivity index (χ1v) is 9.36. The van der Waals surface area contributed by atoms with Crippen molar-refractivity contribution in [3.8, 4) is 0 Å². The maximum Gasteiger partial charge on any atom is 0.185 e. The summed E-state index contributed by atoms with van der Waals surface area (Å²) in [4.78, 5) is 10.2. The van der Waals surface area contributed by atoms with Crippen molar-refractivity contribution in [3.05, 3.63) is 0 Å². The zero-order valence-corrected chi connectivity index (χ0v) is 14.7. The fourth-order valence-corrected chi connectivity index (χ4v) is 2.72. The van der Waals surface area contributed by atoms with Crippen LogP contribution in [0, 0.1) is 5.41 Å². The summed E-state index contributed by atoms with van der Waals surface area (Å²) in [6.45, 7) is 0.821. The van der Waals surface area contributed by atoms with E-state index in [1.54, 1.807) is 0 Å². The Kier molecular flexibility index (Phi) is 16.4. The molecule has 0 radical (unpaired) electrons. The second-order valence-corrected chi connectivity index (χ2v) is 6.43. The van der Waals surface area contributed by atoms with Gasteiger partial charge in [0.25, 0.3) is 0 Å². The number of rotatable bonds is 17. The van der Waals surface area contributed by atoms with Crippen LogP contribution in [0.4, 0.5) is 0 Å². The van der Waals surface area contributed by atoms with Crippen molar-refractivity contribution in [2.75, 3.05) is 6.54 Å². The van der Waals surface area contributed by atoms with Crippen molar-refractivity contribution in [1.82, 2.24) is 5.32 Å². The highest BCUT2D eigenvalue weighted by atomic mass is 16.3. The van der Waals surface area contributed by atoms with Crippen molar-refractivity contribution < 1.29 is 9.90 Å². The first-order valence-electron chi connectivity index (χ1n) is 9.36. The van der Waals surface area contributed by atoms with Gasteiger partial charge in [-0.05, 0) is 12.8 Å². The fourth-order valence-electron chi connectivity index (χ4n) is 2.72. The smallest absolute Gasteiger partial charge is 0.185 e. The largest absolute Gasteiger partial charge is 0.393 e. The summed E-state index contributed by atoms with van der Waals surface area (Å²) >= 11 is 0. The molecule has 0 aliphatic heterocycles. The third-order valence-corrected chi connectivity index (χ3v) is 4.15. The fraction of sp³-hybridized carbons (Fsp3) is 0.889. The van der Waals surface area contributed by atoms with E-state index >= 15 is 0 Å². The van der Waals surface area contributed by atoms with Gasteiger partial charge in [-0.3, -0.25) is 5.41 Å². The van der Waals surface area contributed by atoms with E-state index < -0.39 is 6.10 Å². The summed E-state index contributed by atoms with van der Waals surface area (Å²) < 4.78 is 0. The molecule has 0 bridgehead atoms. The molecule has 136 valence electrons. The van der Waals surface area contributed by atoms with Crippen LogP contribution in [0.15, 0.2) is 0 Å². The zero-order valence-electron chi connectivity index (χ0n) is 14.7. The van der Waals surface area contributed by atoms with Gasteiger partial charge in [-0.1, -0.05) is 70.6 Å². The summed E-state index contributed by atoms with van der Waals surface area (Å²) in [6, 6.07) is 0. The Balaban J connectivity index is 3.05. The number of nitrogens with two attached hydrogens (primary N) is 1. The van der Waals surface area contributed by atoms with Crippen molar-refractivity contribution in [3.63, 3.8) is 0 Å². The third-order valence-electron chi connectivity index (χ3n) is 4.15. The van der Waals surface area contributed by atoms with Crippen LogP contribution in [0.5, 0.6) is 0 Å². The highest BCUT2D eigenvalue weighted by Crippen LogP contribution is 2.13. The summed E-state index contributed by atoms with van der Waals surface area (Å²) in [5, 5.41) is 19.3. The van der Waals surface area contributed by atoms with Crippen LogP contribution in [0.25, 0.3) is 0 Å². The van der Waals surface area contributed by atoms with E-state index in [9.17, 15) is 9.90 Å². The average Bonchev–Trinajstić information content (AvgIpc) is 2.51. The molecule has 23 heavy (non-hydrogen) atoms. The number of carbonyl (C=O) groups is 1. The molecule has 0 fully saturated rings. The molecule has 0 amide bonds. The maximum absolute atomic E-state index is 10.2. The van der Waals surface area contributed by atoms with Crippen LogP contribution in [-0.4, -0.2) is 30.0 Å². The minimum absolute atomic E-state index is 0.0714. The minimum atomic E-state index is -0.425. The second kappa shape index (κ2) is 17.3. The molecule has 0 unspecified atom stereocenters. The summed E-state index contributed by atoms with van der Waals surface area (Å²) in [5.41, 5.74) is 5.21. The highest BCUT2D eigenvalue weighted by molar-refractivity contribution is 5.74. The Bertz CT molecular complexity index is 285. The summed E-state index contributed by atoms with van der Waals surface area (Å²) in [5.74, 6) is 0.0714. The zero-order chi connectivity index (χ0) is 17.2. The third kappa shape index (κ3) is 18.9. The number of aliphatic hydroxyl groups is 1. The molecule has 0 aliphatic rings. The predicted octanol–water partition coefficient (Wildman–Crippen LogP) is 3.49. The Labute approximate surface area is 141 Å². The standard InChI is InChI=1S/C18H37N3O2/c19-18(20)21-15-12-10-8-6-4-2-1-3-5-7-9-11-13-17(23)14-16-22/h16-17,23H,1-15H2,(H4,19,20,21)/t17-/m1/s1. The molecule has 0 aliphatic carbocycles. The van der Waals surface area contributed by atoms with Gasteiger partial charge in [0, 0.05) is 13.0 Å². The number of hydrogen-bond acceptors (Lipinski definition) is 3. The van der Waals surface area contributed by atoms with Crippen LogP contribution in [0.2, 0.25) is 0 Å². The van der Waals surface area contributed by atoms with Crippen LogP contribution < -0.4 is 11.1 Å². The van der Waals surface area contributed by atoms with Gasteiger partial charge in [-0.15, -0.1) is 0 Å². The van der Waals surface area contributed by atoms with Crippen LogP contribution in [0.1, 0.15) is 89.9 Å². The number of nitrogens with one attached hydrogen (secondary N) is 2. The van der Waals surface area contributed by atoms with Crippen LogP contribution >= 0.6 is 0 Å². The molecule has 0 rings (SSSR count). The minimum Gasteiger partial charge on any atom is -0.393 e. The molecule has 0 aromatic heterocycles. The van der Waals surface area contributed by atoms with Gasteiger partial charge in [0.05, 0.1) is 6.10 Å². The lowest BCUT2D eigenvalue weighted by Crippen LogP contribution is -2.30. The number of guanidine groups is 1. The van der Waals surface area contributed by atoms with E-state index in [1.807, 2.05) is 0 Å². The Hall–Kier alpha value is -1.10. The monoisotopic (exact) mass is 327 g/mol. The van der Waals surface area contributed by atoms with Gasteiger partial charge in [0.2, 0.25) is 0 Å². The van der Waals surface area contributed by atoms with Gasteiger partial charge in [0.1, 0.15) is 6.29 Å². The van der Waals surface area contributed by atoms with E-state index in [0.717, 1.165) is 32.1 Å². The van der Waals surface area contributed by atoms with Crippen molar-refractivity contribution in [2.45, 2.75) is 96.0 Å². The Morgan fingerprint density at radius 1 is 0.913 bits per heavy atom. The molecule has 0 aromatic rings. The molecule has 0 saturated heterocycles.